The summed E-state index contributed by atoms with van der Waals surface area (Å²) in [7, 11) is 0. The van der Waals surface area contributed by atoms with Crippen molar-refractivity contribution >= 4 is 5.52 Å². The van der Waals surface area contributed by atoms with Gasteiger partial charge in [0.2, 0.25) is 0 Å². The summed E-state index contributed by atoms with van der Waals surface area (Å²) in [6.45, 7) is 4.75. The molecular formula is C25H31N7O. The van der Waals surface area contributed by atoms with Crippen LogP contribution in [0.2, 0.25) is 0 Å². The molecule has 8 rings (SSSR count). The van der Waals surface area contributed by atoms with Crippen molar-refractivity contribution in [2.75, 3.05) is 13.1 Å². The molecule has 1 N–H and O–H groups in total. The van der Waals surface area contributed by atoms with E-state index in [4.69, 9.17) is 10.1 Å². The van der Waals surface area contributed by atoms with Gasteiger partial charge in [-0.25, -0.2) is 19.5 Å². The Bertz CT molecular complexity index is 1210. The molecule has 4 aliphatic carbocycles. The van der Waals surface area contributed by atoms with E-state index in [9.17, 15) is 4.79 Å². The summed E-state index contributed by atoms with van der Waals surface area (Å²) in [4.78, 5) is 32.2. The molecule has 172 valence electrons. The van der Waals surface area contributed by atoms with Crippen molar-refractivity contribution in [3.63, 3.8) is 0 Å². The fourth-order valence-corrected chi connectivity index (χ4v) is 7.99. The number of hydrogen-bond donors (Lipinski definition) is 1. The summed E-state index contributed by atoms with van der Waals surface area (Å²) in [5.41, 5.74) is 0.627. The minimum Gasteiger partial charge on any atom is -0.307 e. The maximum atomic E-state index is 13.1. The predicted molar refractivity (Wildman–Crippen MR) is 123 cm³/mol. The van der Waals surface area contributed by atoms with E-state index in [-0.39, 0.29) is 16.9 Å². The molecular weight excluding hydrogens is 414 g/mol. The molecule has 1 saturated heterocycles. The second kappa shape index (κ2) is 7.19. The van der Waals surface area contributed by atoms with Gasteiger partial charge < -0.3 is 4.98 Å². The van der Waals surface area contributed by atoms with Crippen LogP contribution in [0.1, 0.15) is 68.8 Å². The van der Waals surface area contributed by atoms with E-state index in [2.05, 4.69) is 26.8 Å². The number of fused-ring (bicyclic) bond motifs is 1. The highest BCUT2D eigenvalue weighted by Crippen LogP contribution is 2.60. The second-order valence-electron chi connectivity index (χ2n) is 11.4. The van der Waals surface area contributed by atoms with Crippen LogP contribution < -0.4 is 5.56 Å². The summed E-state index contributed by atoms with van der Waals surface area (Å²) in [5.74, 6) is 5.72. The highest BCUT2D eigenvalue weighted by molar-refractivity contribution is 5.44. The highest BCUT2D eigenvalue weighted by Gasteiger charge is 2.53. The molecule has 0 spiro atoms. The lowest BCUT2D eigenvalue weighted by Gasteiger charge is -2.56. The molecule has 4 heterocycles. The van der Waals surface area contributed by atoms with Gasteiger partial charge in [-0.15, -0.1) is 0 Å². The highest BCUT2D eigenvalue weighted by atomic mass is 16.1. The Morgan fingerprint density at radius 2 is 1.73 bits per heavy atom. The third-order valence-corrected chi connectivity index (χ3v) is 8.96. The minimum absolute atomic E-state index is 0.0690. The number of aromatic amines is 1. The van der Waals surface area contributed by atoms with Crippen LogP contribution in [-0.4, -0.2) is 47.5 Å². The van der Waals surface area contributed by atoms with Crippen LogP contribution in [0, 0.1) is 23.7 Å². The van der Waals surface area contributed by atoms with Crippen LogP contribution in [0.5, 0.6) is 0 Å². The molecule has 1 unspecified atom stereocenters. The van der Waals surface area contributed by atoms with Crippen molar-refractivity contribution in [1.29, 1.82) is 0 Å². The Kier molecular flexibility index (Phi) is 4.32. The number of nitrogens with one attached hydrogen (secondary N) is 1. The molecule has 5 fully saturated rings. The first-order valence-corrected chi connectivity index (χ1v) is 12.5. The Labute approximate surface area is 192 Å². The van der Waals surface area contributed by atoms with Gasteiger partial charge in [-0.3, -0.25) is 9.69 Å². The second-order valence-corrected chi connectivity index (χ2v) is 11.4. The number of hydrogen-bond acceptors (Lipinski definition) is 6. The summed E-state index contributed by atoms with van der Waals surface area (Å²) < 4.78 is 1.93. The third kappa shape index (κ3) is 3.17. The maximum absolute atomic E-state index is 13.1. The largest absolute Gasteiger partial charge is 0.307 e. The molecule has 8 heteroatoms. The first kappa shape index (κ1) is 19.8. The van der Waals surface area contributed by atoms with Gasteiger partial charge in [0, 0.05) is 36.8 Å². The molecule has 4 saturated carbocycles. The average molecular weight is 446 g/mol. The molecule has 0 radical (unpaired) electrons. The van der Waals surface area contributed by atoms with E-state index in [0.29, 0.717) is 11.4 Å². The zero-order chi connectivity index (χ0) is 22.2. The first-order valence-electron chi connectivity index (χ1n) is 12.5. The normalized spacial score (nSPS) is 35.6. The van der Waals surface area contributed by atoms with Gasteiger partial charge in [-0.05, 0) is 68.3 Å². The van der Waals surface area contributed by atoms with Crippen LogP contribution in [0.4, 0.5) is 0 Å². The molecule has 8 nitrogen and oxygen atoms in total. The van der Waals surface area contributed by atoms with Crippen LogP contribution in [0.3, 0.4) is 0 Å². The summed E-state index contributed by atoms with van der Waals surface area (Å²) in [6.07, 6.45) is 13.1. The standard InChI is InChI=1S/C25H31N7O/c1-15-12-31(14-21-26-3-2-4-27-21)13-19(15)22-29-23(33)20-11-28-24(32(20)30-22)25-8-16-5-17(9-25)7-18(6-16)10-25/h2-4,11,15-19H,5-10,12-14H2,1H3,(H,29,30,33)/t15?,16?,17?,18?,19-,25?/m0/s1. The number of aromatic nitrogens is 6. The van der Waals surface area contributed by atoms with Gasteiger partial charge in [0.05, 0.1) is 12.7 Å². The quantitative estimate of drug-likeness (QED) is 0.664. The first-order chi connectivity index (χ1) is 16.1. The van der Waals surface area contributed by atoms with Gasteiger partial charge in [0.15, 0.2) is 5.52 Å². The van der Waals surface area contributed by atoms with Crippen molar-refractivity contribution in [2.45, 2.75) is 63.3 Å². The van der Waals surface area contributed by atoms with Gasteiger partial charge in [-0.2, -0.15) is 5.10 Å². The lowest BCUT2D eigenvalue weighted by atomic mass is 9.49. The van der Waals surface area contributed by atoms with Crippen molar-refractivity contribution in [3.8, 4) is 0 Å². The number of imidazole rings is 1. The van der Waals surface area contributed by atoms with E-state index < -0.39 is 0 Å². The third-order valence-electron chi connectivity index (χ3n) is 8.96. The topological polar surface area (TPSA) is 92.1 Å². The van der Waals surface area contributed by atoms with E-state index in [0.717, 1.165) is 54.9 Å². The Morgan fingerprint density at radius 1 is 1.03 bits per heavy atom. The number of rotatable bonds is 4. The SMILES string of the molecule is CC1CN(Cc2ncccn2)C[C@@H]1c1nn2c(C34CC5CC(CC(C5)C3)C4)ncc2c(=O)[nH]1. The molecule has 1 aliphatic heterocycles. The van der Waals surface area contributed by atoms with Crippen molar-refractivity contribution in [2.24, 2.45) is 23.7 Å². The van der Waals surface area contributed by atoms with Gasteiger partial charge in [0.1, 0.15) is 17.5 Å². The Balaban J connectivity index is 1.23. The van der Waals surface area contributed by atoms with E-state index in [1.54, 1.807) is 18.6 Å². The minimum atomic E-state index is -0.0690. The molecule has 5 aliphatic rings. The number of likely N-dealkylation sites (tertiary alicyclic amines) is 1. The van der Waals surface area contributed by atoms with E-state index >= 15 is 0 Å². The zero-order valence-corrected chi connectivity index (χ0v) is 19.2. The monoisotopic (exact) mass is 445 g/mol. The van der Waals surface area contributed by atoms with Crippen LogP contribution in [-0.2, 0) is 12.0 Å². The molecule has 3 aromatic rings. The van der Waals surface area contributed by atoms with Gasteiger partial charge >= 0.3 is 0 Å². The molecule has 0 aromatic carbocycles. The van der Waals surface area contributed by atoms with E-state index in [1.165, 1.54) is 38.5 Å². The van der Waals surface area contributed by atoms with Gasteiger partial charge in [0.25, 0.3) is 5.56 Å². The van der Waals surface area contributed by atoms with Crippen LogP contribution in [0.15, 0.2) is 29.5 Å². The lowest BCUT2D eigenvalue weighted by molar-refractivity contribution is -0.0101. The summed E-state index contributed by atoms with van der Waals surface area (Å²) in [6, 6.07) is 1.84. The fraction of sp³-hybridized carbons (Fsp3) is 0.640. The molecule has 3 aromatic heterocycles. The lowest BCUT2D eigenvalue weighted by Crippen LogP contribution is -2.49. The zero-order valence-electron chi connectivity index (χ0n) is 19.2. The summed E-state index contributed by atoms with van der Waals surface area (Å²) in [5, 5.41) is 5.07. The van der Waals surface area contributed by atoms with Crippen LogP contribution in [0.25, 0.3) is 5.52 Å². The Morgan fingerprint density at radius 3 is 2.42 bits per heavy atom. The average Bonchev–Trinajstić information content (AvgIpc) is 3.37. The molecule has 33 heavy (non-hydrogen) atoms. The van der Waals surface area contributed by atoms with Crippen molar-refractivity contribution in [3.05, 3.63) is 52.5 Å². The fourth-order valence-electron chi connectivity index (χ4n) is 7.99. The smallest absolute Gasteiger partial charge is 0.276 e. The Hall–Kier alpha value is -2.61. The maximum Gasteiger partial charge on any atom is 0.276 e. The van der Waals surface area contributed by atoms with Crippen molar-refractivity contribution in [1.82, 2.24) is 34.4 Å². The molecule has 4 bridgehead atoms. The molecule has 0 amide bonds. The number of nitrogens with zero attached hydrogens (tertiary/aromatic N) is 6. The van der Waals surface area contributed by atoms with Crippen molar-refractivity contribution < 1.29 is 0 Å². The van der Waals surface area contributed by atoms with E-state index in [1.807, 2.05) is 10.6 Å². The van der Waals surface area contributed by atoms with Crippen LogP contribution >= 0.6 is 0 Å². The molecule has 2 atom stereocenters. The van der Waals surface area contributed by atoms with Gasteiger partial charge in [-0.1, -0.05) is 6.92 Å². The summed E-state index contributed by atoms with van der Waals surface area (Å²) >= 11 is 0. The number of H-pyrrole nitrogens is 1. The predicted octanol–water partition coefficient (Wildman–Crippen LogP) is 2.91.